The lowest BCUT2D eigenvalue weighted by molar-refractivity contribution is -0.131. The monoisotopic (exact) mass is 308 g/mol. The summed E-state index contributed by atoms with van der Waals surface area (Å²) in [4.78, 5) is 26.9. The van der Waals surface area contributed by atoms with Crippen molar-refractivity contribution in [1.82, 2.24) is 9.80 Å². The van der Waals surface area contributed by atoms with Gasteiger partial charge >= 0.3 is 0 Å². The van der Waals surface area contributed by atoms with Crippen molar-refractivity contribution in [2.75, 3.05) is 25.9 Å². The second-order valence-corrected chi connectivity index (χ2v) is 6.96. The summed E-state index contributed by atoms with van der Waals surface area (Å²) in [7, 11) is 1.75. The van der Waals surface area contributed by atoms with Crippen LogP contribution in [-0.2, 0) is 11.3 Å². The van der Waals surface area contributed by atoms with Crippen LogP contribution in [-0.4, -0.2) is 46.8 Å². The van der Waals surface area contributed by atoms with Crippen LogP contribution in [0.3, 0.4) is 0 Å². The van der Waals surface area contributed by atoms with Gasteiger partial charge in [-0.3, -0.25) is 9.59 Å². The van der Waals surface area contributed by atoms with Gasteiger partial charge in [0.25, 0.3) is 5.24 Å². The molecule has 0 bridgehead atoms. The molecule has 0 radical (unpaired) electrons. The molecule has 1 saturated carbocycles. The van der Waals surface area contributed by atoms with E-state index in [1.54, 1.807) is 16.8 Å². The Balaban J connectivity index is 1.53. The smallest absolute Gasteiger partial charge is 0.282 e. The quantitative estimate of drug-likeness (QED) is 0.839. The molecule has 3 rings (SSSR count). The lowest BCUT2D eigenvalue weighted by Gasteiger charge is -2.20. The van der Waals surface area contributed by atoms with Crippen molar-refractivity contribution in [3.8, 4) is 0 Å². The Labute approximate surface area is 128 Å². The fraction of sp³-hybridized carbons (Fsp3) is 0.600. The molecule has 0 N–H and O–H groups in total. The molecule has 2 aliphatic rings. The third-order valence-corrected chi connectivity index (χ3v) is 5.04. The normalized spacial score (nSPS) is 24.5. The first-order valence-corrected chi connectivity index (χ1v) is 8.27. The summed E-state index contributed by atoms with van der Waals surface area (Å²) in [5, 5.41) is -0.000226. The molecule has 2 amide bonds. The molecule has 1 aromatic rings. The molecule has 2 fully saturated rings. The summed E-state index contributed by atoms with van der Waals surface area (Å²) in [5.74, 6) is 3.83. The predicted molar refractivity (Wildman–Crippen MR) is 81.1 cm³/mol. The fourth-order valence-corrected chi connectivity index (χ4v) is 3.40. The zero-order valence-electron chi connectivity index (χ0n) is 12.4. The van der Waals surface area contributed by atoms with E-state index in [4.69, 9.17) is 4.42 Å². The standard InChI is InChI=1S/C15H20N2O3S/c1-10-7-12(10)13-4-3-11(20-13)8-16(2)14(18)9-17-5-6-21-15(17)19/h3-4,10,12H,5-9H2,1-2H3/t10-,12-/m0/s1. The predicted octanol–water partition coefficient (Wildman–Crippen LogP) is 2.53. The molecule has 0 unspecified atom stereocenters. The van der Waals surface area contributed by atoms with Gasteiger partial charge in [0.05, 0.1) is 6.54 Å². The van der Waals surface area contributed by atoms with Crippen LogP contribution in [0, 0.1) is 5.92 Å². The lowest BCUT2D eigenvalue weighted by atomic mass is 10.3. The summed E-state index contributed by atoms with van der Waals surface area (Å²) >= 11 is 1.27. The van der Waals surface area contributed by atoms with Gasteiger partial charge in [0.2, 0.25) is 5.91 Å². The Kier molecular flexibility index (Phi) is 3.97. The van der Waals surface area contributed by atoms with E-state index in [-0.39, 0.29) is 17.7 Å². The van der Waals surface area contributed by atoms with Gasteiger partial charge in [0, 0.05) is 25.3 Å². The molecule has 0 spiro atoms. The average molecular weight is 308 g/mol. The first kappa shape index (κ1) is 14.5. The minimum atomic E-state index is -0.0522. The molecule has 1 aliphatic carbocycles. The number of nitrogens with zero attached hydrogens (tertiary/aromatic N) is 2. The summed E-state index contributed by atoms with van der Waals surface area (Å²) < 4.78 is 5.81. The fourth-order valence-electron chi connectivity index (χ4n) is 2.57. The number of likely N-dealkylation sites (N-methyl/N-ethyl adjacent to an activating group) is 1. The molecule has 2 atom stereocenters. The highest BCUT2D eigenvalue weighted by molar-refractivity contribution is 8.13. The Morgan fingerprint density at radius 1 is 1.52 bits per heavy atom. The molecule has 0 aromatic carbocycles. The van der Waals surface area contributed by atoms with E-state index in [0.717, 1.165) is 17.3 Å². The maximum atomic E-state index is 12.1. The average Bonchev–Trinajstić information content (AvgIpc) is 2.85. The van der Waals surface area contributed by atoms with Gasteiger partial charge in [0.1, 0.15) is 18.1 Å². The summed E-state index contributed by atoms with van der Waals surface area (Å²) in [6, 6.07) is 3.96. The molecule has 5 nitrogen and oxygen atoms in total. The summed E-state index contributed by atoms with van der Waals surface area (Å²) in [6.45, 7) is 3.49. The molecule has 1 aromatic heterocycles. The molecule has 6 heteroatoms. The molecule has 2 heterocycles. The summed E-state index contributed by atoms with van der Waals surface area (Å²) in [6.07, 6.45) is 1.19. The molecule has 114 valence electrons. The van der Waals surface area contributed by atoms with Gasteiger partial charge in [-0.05, 0) is 24.5 Å². The Hall–Kier alpha value is -1.43. The summed E-state index contributed by atoms with van der Waals surface area (Å²) in [5.41, 5.74) is 0. The van der Waals surface area contributed by atoms with Gasteiger partial charge < -0.3 is 14.2 Å². The molecule has 1 aliphatic heterocycles. The van der Waals surface area contributed by atoms with Crippen LogP contribution in [0.4, 0.5) is 4.79 Å². The third kappa shape index (κ3) is 3.26. The maximum Gasteiger partial charge on any atom is 0.282 e. The second kappa shape index (κ2) is 5.75. The van der Waals surface area contributed by atoms with E-state index in [9.17, 15) is 9.59 Å². The third-order valence-electron chi connectivity index (χ3n) is 4.15. The Morgan fingerprint density at radius 3 is 2.90 bits per heavy atom. The number of amides is 2. The van der Waals surface area contributed by atoms with E-state index in [1.165, 1.54) is 18.2 Å². The van der Waals surface area contributed by atoms with Crippen LogP contribution in [0.15, 0.2) is 16.5 Å². The zero-order chi connectivity index (χ0) is 15.0. The van der Waals surface area contributed by atoms with Crippen molar-refractivity contribution in [1.29, 1.82) is 0 Å². The SMILES string of the molecule is C[C@H]1C[C@@H]1c1ccc(CN(C)C(=O)CN2CCSC2=O)o1. The Bertz CT molecular complexity index is 557. The lowest BCUT2D eigenvalue weighted by Crippen LogP contribution is -2.38. The van der Waals surface area contributed by atoms with Gasteiger partial charge in [-0.1, -0.05) is 18.7 Å². The molecular formula is C15H20N2O3S. The largest absolute Gasteiger partial charge is 0.464 e. The van der Waals surface area contributed by atoms with Crippen molar-refractivity contribution < 1.29 is 14.0 Å². The maximum absolute atomic E-state index is 12.1. The number of carbonyl (C=O) groups excluding carboxylic acids is 2. The minimum absolute atomic E-state index is 0.000226. The van der Waals surface area contributed by atoms with Gasteiger partial charge in [-0.2, -0.15) is 0 Å². The van der Waals surface area contributed by atoms with E-state index in [0.29, 0.717) is 24.9 Å². The van der Waals surface area contributed by atoms with E-state index in [2.05, 4.69) is 6.92 Å². The van der Waals surface area contributed by atoms with Crippen LogP contribution >= 0.6 is 11.8 Å². The molecule has 21 heavy (non-hydrogen) atoms. The van der Waals surface area contributed by atoms with Crippen LogP contribution in [0.25, 0.3) is 0 Å². The van der Waals surface area contributed by atoms with Crippen LogP contribution in [0.5, 0.6) is 0 Å². The van der Waals surface area contributed by atoms with Crippen molar-refractivity contribution in [3.63, 3.8) is 0 Å². The Morgan fingerprint density at radius 2 is 2.29 bits per heavy atom. The number of hydrogen-bond acceptors (Lipinski definition) is 4. The first-order valence-electron chi connectivity index (χ1n) is 7.29. The van der Waals surface area contributed by atoms with Gasteiger partial charge in [-0.15, -0.1) is 0 Å². The van der Waals surface area contributed by atoms with Crippen molar-refractivity contribution >= 4 is 22.9 Å². The van der Waals surface area contributed by atoms with Crippen molar-refractivity contribution in [2.24, 2.45) is 5.92 Å². The van der Waals surface area contributed by atoms with Gasteiger partial charge in [-0.25, -0.2) is 0 Å². The van der Waals surface area contributed by atoms with Crippen molar-refractivity contribution in [2.45, 2.75) is 25.8 Å². The van der Waals surface area contributed by atoms with Gasteiger partial charge in [0.15, 0.2) is 0 Å². The minimum Gasteiger partial charge on any atom is -0.464 e. The molecular weight excluding hydrogens is 288 g/mol. The highest BCUT2D eigenvalue weighted by atomic mass is 32.2. The number of carbonyl (C=O) groups is 2. The van der Waals surface area contributed by atoms with Crippen LogP contribution in [0.2, 0.25) is 0 Å². The van der Waals surface area contributed by atoms with Crippen LogP contribution in [0.1, 0.15) is 30.8 Å². The number of thioether (sulfide) groups is 1. The van der Waals surface area contributed by atoms with Crippen LogP contribution < -0.4 is 0 Å². The number of rotatable bonds is 5. The first-order chi connectivity index (χ1) is 10.0. The highest BCUT2D eigenvalue weighted by Crippen LogP contribution is 2.47. The topological polar surface area (TPSA) is 53.8 Å². The van der Waals surface area contributed by atoms with Crippen molar-refractivity contribution in [3.05, 3.63) is 23.7 Å². The van der Waals surface area contributed by atoms with E-state index >= 15 is 0 Å². The molecule has 1 saturated heterocycles. The number of furan rings is 1. The van der Waals surface area contributed by atoms with E-state index in [1.807, 2.05) is 12.1 Å². The number of hydrogen-bond donors (Lipinski definition) is 0. The second-order valence-electron chi connectivity index (χ2n) is 5.91. The zero-order valence-corrected chi connectivity index (χ0v) is 13.2. The highest BCUT2D eigenvalue weighted by Gasteiger charge is 2.36. The van der Waals surface area contributed by atoms with E-state index < -0.39 is 0 Å².